The standard InChI is InChI=1S/C31H34Cl2N4O3.ClH/c1-4-39-25-13-14-26(27(19-25)40-20(2)3)30-35-28(21-5-9-23(32)10-6-21)29(22-7-11-24(33)12-8-22)37(30)31(38)36-17-15-34-16-18-36;/h5-14,19-20,28-29,34H,4,15-18H2,1-3H3;1H/t28-,29+;/m1./s1. The van der Waals surface area contributed by atoms with E-state index >= 15 is 0 Å². The van der Waals surface area contributed by atoms with Crippen LogP contribution in [-0.4, -0.2) is 60.6 Å². The smallest absolute Gasteiger partial charge is 0.326 e. The normalized spacial score (nSPS) is 18.6. The molecule has 7 nitrogen and oxygen atoms in total. The molecule has 2 aliphatic rings. The summed E-state index contributed by atoms with van der Waals surface area (Å²) in [5, 5.41) is 4.61. The number of benzene rings is 3. The first-order valence-electron chi connectivity index (χ1n) is 13.7. The highest BCUT2D eigenvalue weighted by Crippen LogP contribution is 2.46. The maximum absolute atomic E-state index is 14.4. The number of ether oxygens (including phenoxy) is 2. The molecule has 0 saturated carbocycles. The maximum atomic E-state index is 14.4. The molecular weight excluding hydrogens is 583 g/mol. The van der Waals surface area contributed by atoms with Crippen molar-refractivity contribution in [1.82, 2.24) is 15.1 Å². The summed E-state index contributed by atoms with van der Waals surface area (Å²) in [7, 11) is 0. The Hall–Kier alpha value is -2.97. The molecule has 5 rings (SSSR count). The molecule has 3 aromatic rings. The monoisotopic (exact) mass is 616 g/mol. The molecule has 0 unspecified atom stereocenters. The summed E-state index contributed by atoms with van der Waals surface area (Å²) in [6, 6.07) is 20.1. The van der Waals surface area contributed by atoms with Gasteiger partial charge in [0.15, 0.2) is 0 Å². The number of nitrogens with zero attached hydrogens (tertiary/aromatic N) is 3. The first-order valence-corrected chi connectivity index (χ1v) is 14.4. The Morgan fingerprint density at radius 1 is 0.976 bits per heavy atom. The lowest BCUT2D eigenvalue weighted by Crippen LogP contribution is -2.53. The molecule has 10 heteroatoms. The predicted molar refractivity (Wildman–Crippen MR) is 167 cm³/mol. The number of rotatable bonds is 7. The highest BCUT2D eigenvalue weighted by molar-refractivity contribution is 6.30. The van der Waals surface area contributed by atoms with E-state index in [0.717, 1.165) is 29.8 Å². The fourth-order valence-electron chi connectivity index (χ4n) is 5.16. The summed E-state index contributed by atoms with van der Waals surface area (Å²) >= 11 is 12.5. The Bertz CT molecular complexity index is 1360. The molecule has 1 N–H and O–H groups in total. The van der Waals surface area contributed by atoms with E-state index in [1.165, 1.54) is 0 Å². The quantitative estimate of drug-likeness (QED) is 0.305. The Labute approximate surface area is 257 Å². The molecule has 0 spiro atoms. The molecule has 0 radical (unpaired) electrons. The fraction of sp³-hybridized carbons (Fsp3) is 0.355. The molecule has 2 aliphatic heterocycles. The number of carbonyl (C=O) groups excluding carboxylic acids is 1. The van der Waals surface area contributed by atoms with Crippen LogP contribution in [0.2, 0.25) is 10.0 Å². The zero-order valence-corrected chi connectivity index (χ0v) is 25.7. The zero-order valence-electron chi connectivity index (χ0n) is 23.3. The SMILES string of the molecule is CCOc1ccc(C2=N[C@H](c3ccc(Cl)cc3)[C@H](c3ccc(Cl)cc3)N2C(=O)N2CCNCC2)c(OC(C)C)c1.Cl. The largest absolute Gasteiger partial charge is 0.494 e. The number of amidine groups is 1. The molecule has 1 saturated heterocycles. The molecule has 2 heterocycles. The van der Waals surface area contributed by atoms with Crippen molar-refractivity contribution in [1.29, 1.82) is 0 Å². The second-order valence-electron chi connectivity index (χ2n) is 10.1. The lowest BCUT2D eigenvalue weighted by Gasteiger charge is -2.36. The summed E-state index contributed by atoms with van der Waals surface area (Å²) < 4.78 is 12.1. The molecule has 218 valence electrons. The Balaban J connectivity index is 0.00000387. The number of piperazine rings is 1. The van der Waals surface area contributed by atoms with Crippen LogP contribution >= 0.6 is 35.6 Å². The van der Waals surface area contributed by atoms with Gasteiger partial charge in [0.05, 0.1) is 24.3 Å². The first kappa shape index (κ1) is 31.0. The number of urea groups is 1. The van der Waals surface area contributed by atoms with Crippen molar-refractivity contribution in [3.63, 3.8) is 0 Å². The molecular formula is C31H35Cl3N4O3. The van der Waals surface area contributed by atoms with Gasteiger partial charge in [0.25, 0.3) is 0 Å². The predicted octanol–water partition coefficient (Wildman–Crippen LogP) is 7.17. The van der Waals surface area contributed by atoms with Crippen molar-refractivity contribution in [3.8, 4) is 11.5 Å². The third kappa shape index (κ3) is 6.92. The van der Waals surface area contributed by atoms with Gasteiger partial charge in [-0.3, -0.25) is 9.89 Å². The van der Waals surface area contributed by atoms with Gasteiger partial charge in [0.2, 0.25) is 0 Å². The van der Waals surface area contributed by atoms with E-state index in [0.29, 0.717) is 47.1 Å². The zero-order chi connectivity index (χ0) is 28.2. The van der Waals surface area contributed by atoms with Gasteiger partial charge < -0.3 is 19.7 Å². The number of amides is 2. The molecule has 0 bridgehead atoms. The second-order valence-corrected chi connectivity index (χ2v) is 11.0. The molecule has 1 fully saturated rings. The number of nitrogens with one attached hydrogen (secondary N) is 1. The van der Waals surface area contributed by atoms with E-state index in [9.17, 15) is 4.79 Å². The van der Waals surface area contributed by atoms with Crippen LogP contribution in [0.25, 0.3) is 0 Å². The minimum atomic E-state index is -0.408. The molecule has 2 amide bonds. The molecule has 41 heavy (non-hydrogen) atoms. The van der Waals surface area contributed by atoms with Gasteiger partial charge in [-0.25, -0.2) is 4.79 Å². The lowest BCUT2D eigenvalue weighted by molar-refractivity contribution is 0.157. The number of hydrogen-bond acceptors (Lipinski definition) is 5. The van der Waals surface area contributed by atoms with Gasteiger partial charge in [0, 0.05) is 42.3 Å². The van der Waals surface area contributed by atoms with Gasteiger partial charge in [-0.2, -0.15) is 0 Å². The third-order valence-electron chi connectivity index (χ3n) is 6.95. The number of hydrogen-bond donors (Lipinski definition) is 1. The van der Waals surface area contributed by atoms with Crippen LogP contribution in [0.1, 0.15) is 49.5 Å². The fourth-order valence-corrected chi connectivity index (χ4v) is 5.41. The topological polar surface area (TPSA) is 66.4 Å². The summed E-state index contributed by atoms with van der Waals surface area (Å²) in [5.41, 5.74) is 2.62. The summed E-state index contributed by atoms with van der Waals surface area (Å²) in [6.07, 6.45) is -0.0888. The summed E-state index contributed by atoms with van der Waals surface area (Å²) in [4.78, 5) is 23.4. The van der Waals surface area contributed by atoms with E-state index in [2.05, 4.69) is 5.32 Å². The molecule has 0 aromatic heterocycles. The third-order valence-corrected chi connectivity index (χ3v) is 7.46. The van der Waals surface area contributed by atoms with Crippen molar-refractivity contribution in [2.45, 2.75) is 39.0 Å². The van der Waals surface area contributed by atoms with Crippen LogP contribution in [0.15, 0.2) is 71.7 Å². The highest BCUT2D eigenvalue weighted by Gasteiger charge is 2.44. The van der Waals surface area contributed by atoms with Crippen LogP contribution in [0, 0.1) is 0 Å². The van der Waals surface area contributed by atoms with Crippen molar-refractivity contribution in [2.24, 2.45) is 4.99 Å². The van der Waals surface area contributed by atoms with Gasteiger partial charge in [-0.15, -0.1) is 12.4 Å². The maximum Gasteiger partial charge on any atom is 0.326 e. The molecule has 3 aromatic carbocycles. The van der Waals surface area contributed by atoms with Crippen LogP contribution in [0.3, 0.4) is 0 Å². The Kier molecular flexibility index (Phi) is 10.4. The van der Waals surface area contributed by atoms with Crippen molar-refractivity contribution >= 4 is 47.5 Å². The van der Waals surface area contributed by atoms with Gasteiger partial charge in [0.1, 0.15) is 23.4 Å². The average molecular weight is 618 g/mol. The van der Waals surface area contributed by atoms with E-state index < -0.39 is 6.04 Å². The molecule has 2 atom stereocenters. The van der Waals surface area contributed by atoms with Crippen LogP contribution in [-0.2, 0) is 0 Å². The minimum absolute atomic E-state index is 0. The highest BCUT2D eigenvalue weighted by atomic mass is 35.5. The first-order chi connectivity index (χ1) is 19.4. The number of carbonyl (C=O) groups is 1. The van der Waals surface area contributed by atoms with Crippen LogP contribution in [0.5, 0.6) is 11.5 Å². The van der Waals surface area contributed by atoms with Crippen molar-refractivity contribution in [2.75, 3.05) is 32.8 Å². The van der Waals surface area contributed by atoms with Gasteiger partial charge in [-0.1, -0.05) is 47.5 Å². The second kappa shape index (κ2) is 13.8. The Morgan fingerprint density at radius 2 is 1.59 bits per heavy atom. The van der Waals surface area contributed by atoms with Crippen LogP contribution < -0.4 is 14.8 Å². The van der Waals surface area contributed by atoms with Crippen molar-refractivity contribution in [3.05, 3.63) is 93.5 Å². The molecule has 0 aliphatic carbocycles. The average Bonchev–Trinajstić information content (AvgIpc) is 3.34. The van der Waals surface area contributed by atoms with Gasteiger partial charge >= 0.3 is 6.03 Å². The van der Waals surface area contributed by atoms with Crippen molar-refractivity contribution < 1.29 is 14.3 Å². The van der Waals surface area contributed by atoms with Gasteiger partial charge in [-0.05, 0) is 68.3 Å². The van der Waals surface area contributed by atoms with Crippen LogP contribution in [0.4, 0.5) is 4.79 Å². The van der Waals surface area contributed by atoms with E-state index in [1.54, 1.807) is 0 Å². The number of aliphatic imine (C=N–C) groups is 1. The lowest BCUT2D eigenvalue weighted by atomic mass is 9.93. The van der Waals surface area contributed by atoms with E-state index in [-0.39, 0.29) is 30.6 Å². The number of halogens is 3. The minimum Gasteiger partial charge on any atom is -0.494 e. The van der Waals surface area contributed by atoms with E-state index in [1.807, 2.05) is 97.3 Å². The summed E-state index contributed by atoms with van der Waals surface area (Å²) in [5.74, 6) is 1.87. The summed E-state index contributed by atoms with van der Waals surface area (Å²) in [6.45, 7) is 9.13. The van der Waals surface area contributed by atoms with E-state index in [4.69, 9.17) is 37.7 Å². The Morgan fingerprint density at radius 3 is 2.17 bits per heavy atom.